The summed E-state index contributed by atoms with van der Waals surface area (Å²) in [6, 6.07) is 5.25. The van der Waals surface area contributed by atoms with Gasteiger partial charge in [0.05, 0.1) is 24.8 Å². The molecule has 0 spiro atoms. The molecule has 10 heteroatoms. The quantitative estimate of drug-likeness (QED) is 0.108. The highest BCUT2D eigenvalue weighted by Crippen LogP contribution is 2.61. The lowest BCUT2D eigenvalue weighted by Gasteiger charge is -2.59. The Hall–Kier alpha value is -3.34. The summed E-state index contributed by atoms with van der Waals surface area (Å²) in [4.78, 5) is 20.8. The van der Waals surface area contributed by atoms with E-state index in [9.17, 15) is 15.0 Å². The minimum Gasteiger partial charge on any atom is -0.490 e. The molecule has 0 bridgehead atoms. The van der Waals surface area contributed by atoms with E-state index in [0.717, 1.165) is 42.5 Å². The van der Waals surface area contributed by atoms with Crippen LogP contribution in [0.4, 0.5) is 4.79 Å². The maximum Gasteiger partial charge on any atom is 0.410 e. The van der Waals surface area contributed by atoms with Crippen molar-refractivity contribution in [3.8, 4) is 11.5 Å². The molecule has 0 saturated heterocycles. The van der Waals surface area contributed by atoms with Crippen molar-refractivity contribution in [2.45, 2.75) is 83.5 Å². The van der Waals surface area contributed by atoms with Gasteiger partial charge in [-0.1, -0.05) is 63.6 Å². The zero-order valence-electron chi connectivity index (χ0n) is 29.5. The maximum atomic E-state index is 13.7. The largest absolute Gasteiger partial charge is 0.490 e. The van der Waals surface area contributed by atoms with Gasteiger partial charge in [0.2, 0.25) is 5.79 Å². The maximum absolute atomic E-state index is 13.7. The molecule has 4 rings (SSSR count). The number of oxime groups is 1. The second kappa shape index (κ2) is 16.9. The molecule has 48 heavy (non-hydrogen) atoms. The van der Waals surface area contributed by atoms with E-state index in [2.05, 4.69) is 30.5 Å². The topological polar surface area (TPSA) is 119 Å². The molecule has 1 heterocycles. The third-order valence-corrected chi connectivity index (χ3v) is 9.60. The number of carbonyl (C=O) groups is 1. The summed E-state index contributed by atoms with van der Waals surface area (Å²) in [7, 11) is 3.26. The summed E-state index contributed by atoms with van der Waals surface area (Å²) >= 11 is 0. The van der Waals surface area contributed by atoms with Crippen molar-refractivity contribution >= 4 is 11.8 Å². The number of fused-ring (bicyclic) bond motifs is 2. The Morgan fingerprint density at radius 2 is 1.81 bits per heavy atom. The number of aliphatic hydroxyl groups excluding tert-OH is 2. The zero-order chi connectivity index (χ0) is 34.9. The third-order valence-electron chi connectivity index (χ3n) is 9.60. The van der Waals surface area contributed by atoms with Gasteiger partial charge >= 0.3 is 6.09 Å². The minimum absolute atomic E-state index is 0.118. The Labute approximate surface area is 286 Å². The molecule has 3 aliphatic rings. The van der Waals surface area contributed by atoms with Gasteiger partial charge in [-0.05, 0) is 66.7 Å². The number of hydrogen-bond acceptors (Lipinski definition) is 9. The molecule has 266 valence electrons. The fourth-order valence-electron chi connectivity index (χ4n) is 7.59. The molecule has 1 aliphatic heterocycles. The number of benzene rings is 1. The van der Waals surface area contributed by atoms with Crippen LogP contribution in [0.3, 0.4) is 0 Å². The van der Waals surface area contributed by atoms with Crippen molar-refractivity contribution < 1.29 is 38.8 Å². The van der Waals surface area contributed by atoms with Crippen LogP contribution in [-0.4, -0.2) is 85.9 Å². The van der Waals surface area contributed by atoms with Gasteiger partial charge in [0, 0.05) is 38.2 Å². The number of unbranched alkanes of at least 4 members (excludes halogenated alkanes) is 2. The number of nitrogens with zero attached hydrogens (tertiary/aromatic N) is 2. The van der Waals surface area contributed by atoms with Crippen molar-refractivity contribution in [2.75, 3.05) is 47.2 Å². The summed E-state index contributed by atoms with van der Waals surface area (Å²) in [5.41, 5.74) is 2.50. The predicted octanol–water partition coefficient (Wildman–Crippen LogP) is 6.63. The number of amides is 1. The highest BCUT2D eigenvalue weighted by Gasteiger charge is 2.65. The van der Waals surface area contributed by atoms with E-state index < -0.39 is 17.9 Å². The molecule has 6 atom stereocenters. The summed E-state index contributed by atoms with van der Waals surface area (Å²) in [6.45, 7) is 14.9. The van der Waals surface area contributed by atoms with Gasteiger partial charge in [-0.25, -0.2) is 4.79 Å². The summed E-state index contributed by atoms with van der Waals surface area (Å²) < 4.78 is 25.8. The van der Waals surface area contributed by atoms with E-state index in [1.54, 1.807) is 24.1 Å². The van der Waals surface area contributed by atoms with Gasteiger partial charge in [-0.2, -0.15) is 0 Å². The minimum atomic E-state index is -1.31. The van der Waals surface area contributed by atoms with Gasteiger partial charge in [0.25, 0.3) is 0 Å². The van der Waals surface area contributed by atoms with Crippen molar-refractivity contribution in [3.63, 3.8) is 0 Å². The molecule has 2 aliphatic carbocycles. The van der Waals surface area contributed by atoms with Gasteiger partial charge in [-0.15, -0.1) is 6.58 Å². The van der Waals surface area contributed by atoms with Crippen LogP contribution in [0.25, 0.3) is 0 Å². The Morgan fingerprint density at radius 3 is 2.46 bits per heavy atom. The lowest BCUT2D eigenvalue weighted by atomic mass is 9.55. The predicted molar refractivity (Wildman–Crippen MR) is 186 cm³/mol. The number of rotatable bonds is 17. The third kappa shape index (κ3) is 8.26. The Balaban J connectivity index is 1.96. The molecule has 1 aromatic rings. The average Bonchev–Trinajstić information content (AvgIpc) is 3.06. The number of ether oxygens (including phenoxy) is 4. The highest BCUT2D eigenvalue weighted by atomic mass is 16.7. The number of carbonyl (C=O) groups excluding carboxylic acids is 1. The zero-order valence-corrected chi connectivity index (χ0v) is 29.5. The molecule has 0 radical (unpaired) electrons. The molecule has 1 aromatic carbocycles. The van der Waals surface area contributed by atoms with Crippen LogP contribution in [0, 0.1) is 23.2 Å². The monoisotopic (exact) mass is 668 g/mol. The van der Waals surface area contributed by atoms with Crippen LogP contribution in [-0.2, 0) is 14.3 Å². The molecule has 0 aromatic heterocycles. The number of aliphatic hydroxyl groups is 2. The van der Waals surface area contributed by atoms with Gasteiger partial charge in [0.1, 0.15) is 31.3 Å². The summed E-state index contributed by atoms with van der Waals surface area (Å²) in [5, 5.41) is 24.0. The van der Waals surface area contributed by atoms with E-state index in [1.165, 1.54) is 7.11 Å². The SMILES string of the molecule is C=CCOc1ccc2c(c1)C1C(CCCCO)C(CCCCO)C=C3C(=NOC)CC(N(C)C(=O)OCC(C)(C)C)C(OCC=C)(O2)C31. The first-order valence-corrected chi connectivity index (χ1v) is 17.3. The highest BCUT2D eigenvalue weighted by molar-refractivity contribution is 6.02. The second-order valence-electron chi connectivity index (χ2n) is 14.3. The average molecular weight is 669 g/mol. The Kier molecular flexibility index (Phi) is 13.2. The summed E-state index contributed by atoms with van der Waals surface area (Å²) in [6.07, 6.45) is 10.4. The van der Waals surface area contributed by atoms with Gasteiger partial charge in [0.15, 0.2) is 0 Å². The molecular formula is C38H56N2O8. The normalized spacial score (nSPS) is 26.8. The van der Waals surface area contributed by atoms with E-state index in [4.69, 9.17) is 23.8 Å². The first-order chi connectivity index (χ1) is 23.0. The van der Waals surface area contributed by atoms with Crippen LogP contribution >= 0.6 is 0 Å². The molecule has 2 N–H and O–H groups in total. The van der Waals surface area contributed by atoms with E-state index in [-0.39, 0.29) is 55.5 Å². The molecule has 10 nitrogen and oxygen atoms in total. The van der Waals surface area contributed by atoms with Crippen LogP contribution < -0.4 is 9.47 Å². The van der Waals surface area contributed by atoms with Crippen molar-refractivity contribution in [1.29, 1.82) is 0 Å². The lowest BCUT2D eigenvalue weighted by Crippen LogP contribution is -2.69. The first-order valence-electron chi connectivity index (χ1n) is 17.3. The molecular weight excluding hydrogens is 612 g/mol. The fraction of sp³-hybridized carbons (Fsp3) is 0.632. The number of allylic oxidation sites excluding steroid dienone is 1. The van der Waals surface area contributed by atoms with Gasteiger partial charge in [-0.3, -0.25) is 0 Å². The van der Waals surface area contributed by atoms with Gasteiger partial charge < -0.3 is 38.9 Å². The van der Waals surface area contributed by atoms with Crippen LogP contribution in [0.1, 0.15) is 77.2 Å². The van der Waals surface area contributed by atoms with Crippen molar-refractivity contribution in [2.24, 2.45) is 28.3 Å². The fourth-order valence-corrected chi connectivity index (χ4v) is 7.59. The molecule has 1 fully saturated rings. The first kappa shape index (κ1) is 37.5. The van der Waals surface area contributed by atoms with Crippen molar-refractivity contribution in [3.05, 3.63) is 60.7 Å². The number of likely N-dealkylation sites (N-methyl/N-ethyl adjacent to an activating group) is 1. The van der Waals surface area contributed by atoms with E-state index in [0.29, 0.717) is 37.4 Å². The van der Waals surface area contributed by atoms with Crippen LogP contribution in [0.2, 0.25) is 0 Å². The Bertz CT molecular complexity index is 1320. The lowest BCUT2D eigenvalue weighted by molar-refractivity contribution is -0.253. The Morgan fingerprint density at radius 1 is 1.10 bits per heavy atom. The molecule has 1 saturated carbocycles. The molecule has 1 amide bonds. The smallest absolute Gasteiger partial charge is 0.410 e. The van der Waals surface area contributed by atoms with Crippen LogP contribution in [0.5, 0.6) is 11.5 Å². The van der Waals surface area contributed by atoms with Crippen LogP contribution in [0.15, 0.2) is 60.3 Å². The molecule has 6 unspecified atom stereocenters. The van der Waals surface area contributed by atoms with E-state index >= 15 is 0 Å². The second-order valence-corrected chi connectivity index (χ2v) is 14.3. The van der Waals surface area contributed by atoms with E-state index in [1.807, 2.05) is 32.9 Å². The summed E-state index contributed by atoms with van der Waals surface area (Å²) in [5.74, 6) is -0.142. The number of hydrogen-bond donors (Lipinski definition) is 2. The standard InChI is InChI=1S/C38H56N2O8/c1-8-20-45-27-16-17-32-30(23-27)34-28(15-11-13-19-42)26(14-10-12-18-41)22-29-31(39-44-7)24-33(38(48-32,35(29)34)47-21-9-2)40(6)36(43)46-25-37(3,4)5/h8-9,16-17,22-23,26,28,33-35,41-42H,1-2,10-15,18-21,24-25H2,3-7H3. The van der Waals surface area contributed by atoms with Crippen molar-refractivity contribution in [1.82, 2.24) is 4.90 Å².